The molecule has 2 aliphatic rings. The molecule has 5 rings (SSSR count). The Kier molecular flexibility index (Phi) is 5.57. The van der Waals surface area contributed by atoms with Crippen molar-refractivity contribution in [1.82, 2.24) is 19.2 Å². The number of H-pyrrole nitrogens is 1. The predicted molar refractivity (Wildman–Crippen MR) is 124 cm³/mol. The molecule has 2 amide bonds. The minimum atomic E-state index is -3.47. The summed E-state index contributed by atoms with van der Waals surface area (Å²) >= 11 is 0. The van der Waals surface area contributed by atoms with Crippen LogP contribution in [0.25, 0.3) is 11.0 Å². The highest BCUT2D eigenvalue weighted by Gasteiger charge is 2.43. The van der Waals surface area contributed by atoms with E-state index in [-0.39, 0.29) is 30.9 Å². The Balaban J connectivity index is 1.16. The Labute approximate surface area is 191 Å². The van der Waals surface area contributed by atoms with Crippen LogP contribution in [0.2, 0.25) is 0 Å². The number of piperidine rings is 1. The molecule has 2 aliphatic heterocycles. The number of pyridine rings is 1. The number of halogens is 1. The molecule has 0 spiro atoms. The summed E-state index contributed by atoms with van der Waals surface area (Å²) in [6, 6.07) is 7.71. The summed E-state index contributed by atoms with van der Waals surface area (Å²) in [5.74, 6) is -0.0808. The van der Waals surface area contributed by atoms with Gasteiger partial charge in [-0.3, -0.25) is 0 Å². The van der Waals surface area contributed by atoms with E-state index >= 15 is 0 Å². The topological polar surface area (TPSA) is 98.4 Å². The number of anilines is 1. The number of benzene rings is 1. The van der Waals surface area contributed by atoms with Crippen molar-refractivity contribution < 1.29 is 17.6 Å². The zero-order chi connectivity index (χ0) is 23.2. The van der Waals surface area contributed by atoms with E-state index in [1.807, 2.05) is 18.3 Å². The van der Waals surface area contributed by atoms with Crippen LogP contribution in [0.1, 0.15) is 29.9 Å². The lowest BCUT2D eigenvalue weighted by atomic mass is 9.90. The highest BCUT2D eigenvalue weighted by atomic mass is 32.2. The summed E-state index contributed by atoms with van der Waals surface area (Å²) in [5, 5.41) is 3.23. The fourth-order valence-electron chi connectivity index (χ4n) is 4.70. The number of carbonyl (C=O) groups is 1. The molecule has 174 valence electrons. The van der Waals surface area contributed by atoms with E-state index in [1.165, 1.54) is 28.7 Å². The van der Waals surface area contributed by atoms with Gasteiger partial charge in [0.25, 0.3) is 0 Å². The lowest BCUT2D eigenvalue weighted by molar-refractivity contribution is 0.179. The summed E-state index contributed by atoms with van der Waals surface area (Å²) in [6.45, 7) is 2.96. The minimum absolute atomic E-state index is 0.155. The Bertz CT molecular complexity index is 1290. The van der Waals surface area contributed by atoms with Gasteiger partial charge >= 0.3 is 6.03 Å². The van der Waals surface area contributed by atoms with Gasteiger partial charge in [-0.15, -0.1) is 0 Å². The van der Waals surface area contributed by atoms with Gasteiger partial charge in [0.05, 0.1) is 0 Å². The molecule has 0 aliphatic carbocycles. The maximum atomic E-state index is 13.3. The standard InChI is InChI=1S/C23H26FN5O3S/c1-15-11-17(24)4-5-21(15)27-23(30)28-13-18(14-28)33(31,32)29-9-6-16(7-10-29)20-12-26-22-19(20)3-2-8-25-22/h2-5,8,11-12,16,18H,6-7,9-10,13-14H2,1H3,(H,25,26)(H,27,30). The summed E-state index contributed by atoms with van der Waals surface area (Å²) in [6.07, 6.45) is 5.24. The summed E-state index contributed by atoms with van der Waals surface area (Å²) in [5.41, 5.74) is 3.17. The van der Waals surface area contributed by atoms with E-state index < -0.39 is 15.3 Å². The molecule has 33 heavy (non-hydrogen) atoms. The Morgan fingerprint density at radius 2 is 1.97 bits per heavy atom. The van der Waals surface area contributed by atoms with Crippen molar-refractivity contribution in [2.24, 2.45) is 0 Å². The van der Waals surface area contributed by atoms with Crippen LogP contribution in [-0.2, 0) is 10.0 Å². The van der Waals surface area contributed by atoms with Gasteiger partial charge in [-0.1, -0.05) is 0 Å². The molecule has 4 heterocycles. The fourth-order valence-corrected chi connectivity index (χ4v) is 6.58. The van der Waals surface area contributed by atoms with E-state index in [4.69, 9.17) is 0 Å². The number of likely N-dealkylation sites (tertiary alicyclic amines) is 1. The van der Waals surface area contributed by atoms with Crippen LogP contribution in [0.4, 0.5) is 14.9 Å². The number of fused-ring (bicyclic) bond motifs is 1. The molecular weight excluding hydrogens is 445 g/mol. The number of aromatic nitrogens is 2. The molecule has 0 atom stereocenters. The first kappa shape index (κ1) is 21.8. The van der Waals surface area contributed by atoms with Crippen molar-refractivity contribution in [3.8, 4) is 0 Å². The summed E-state index contributed by atoms with van der Waals surface area (Å²) < 4.78 is 41.0. The van der Waals surface area contributed by atoms with Crippen molar-refractivity contribution in [2.45, 2.75) is 30.9 Å². The highest BCUT2D eigenvalue weighted by Crippen LogP contribution is 2.34. The number of nitrogens with one attached hydrogen (secondary N) is 2. The van der Waals surface area contributed by atoms with E-state index in [0.717, 1.165) is 23.9 Å². The lowest BCUT2D eigenvalue weighted by Gasteiger charge is -2.42. The van der Waals surface area contributed by atoms with E-state index in [1.54, 1.807) is 17.4 Å². The predicted octanol–water partition coefficient (Wildman–Crippen LogP) is 3.44. The van der Waals surface area contributed by atoms with Crippen LogP contribution >= 0.6 is 0 Å². The second-order valence-corrected chi connectivity index (χ2v) is 11.0. The van der Waals surface area contributed by atoms with Crippen LogP contribution in [0.5, 0.6) is 0 Å². The summed E-state index contributed by atoms with van der Waals surface area (Å²) in [7, 11) is -3.47. The van der Waals surface area contributed by atoms with Crippen LogP contribution in [0, 0.1) is 12.7 Å². The third-order valence-electron chi connectivity index (χ3n) is 6.72. The van der Waals surface area contributed by atoms with Crippen molar-refractivity contribution in [3.63, 3.8) is 0 Å². The second kappa shape index (κ2) is 8.42. The molecule has 0 bridgehead atoms. The maximum Gasteiger partial charge on any atom is 0.321 e. The van der Waals surface area contributed by atoms with Crippen LogP contribution < -0.4 is 5.32 Å². The van der Waals surface area contributed by atoms with E-state index in [2.05, 4.69) is 15.3 Å². The van der Waals surface area contributed by atoms with Crippen molar-refractivity contribution in [2.75, 3.05) is 31.5 Å². The Morgan fingerprint density at radius 3 is 2.70 bits per heavy atom. The van der Waals surface area contributed by atoms with Gasteiger partial charge in [0.2, 0.25) is 10.0 Å². The number of rotatable bonds is 4. The number of sulfonamides is 1. The third-order valence-corrected chi connectivity index (χ3v) is 8.95. The van der Waals surface area contributed by atoms with Gasteiger partial charge in [0, 0.05) is 49.6 Å². The number of urea groups is 1. The van der Waals surface area contributed by atoms with E-state index in [9.17, 15) is 17.6 Å². The Morgan fingerprint density at radius 1 is 1.21 bits per heavy atom. The van der Waals surface area contributed by atoms with Gasteiger partial charge in [0.15, 0.2) is 0 Å². The molecule has 0 radical (unpaired) electrons. The van der Waals surface area contributed by atoms with Gasteiger partial charge in [-0.25, -0.2) is 26.9 Å². The second-order valence-electron chi connectivity index (χ2n) is 8.78. The first-order valence-electron chi connectivity index (χ1n) is 11.1. The highest BCUT2D eigenvalue weighted by molar-refractivity contribution is 7.89. The smallest absolute Gasteiger partial charge is 0.321 e. The maximum absolute atomic E-state index is 13.3. The van der Waals surface area contributed by atoms with Gasteiger partial charge in [-0.2, -0.15) is 0 Å². The number of aryl methyl sites for hydroxylation is 1. The number of aromatic amines is 1. The molecule has 2 N–H and O–H groups in total. The molecule has 8 nitrogen and oxygen atoms in total. The number of carbonyl (C=O) groups excluding carboxylic acids is 1. The number of amides is 2. The third kappa shape index (κ3) is 4.08. The van der Waals surface area contributed by atoms with Crippen LogP contribution in [-0.4, -0.2) is 65.1 Å². The van der Waals surface area contributed by atoms with Gasteiger partial charge < -0.3 is 15.2 Å². The number of nitrogens with zero attached hydrogens (tertiary/aromatic N) is 3. The molecular formula is C23H26FN5O3S. The van der Waals surface area contributed by atoms with Crippen molar-refractivity contribution in [3.05, 3.63) is 59.7 Å². The fraction of sp³-hybridized carbons (Fsp3) is 0.391. The zero-order valence-corrected chi connectivity index (χ0v) is 19.1. The molecule has 0 unspecified atom stereocenters. The first-order chi connectivity index (χ1) is 15.8. The van der Waals surface area contributed by atoms with Crippen molar-refractivity contribution >= 4 is 32.8 Å². The van der Waals surface area contributed by atoms with Crippen LogP contribution in [0.15, 0.2) is 42.7 Å². The minimum Gasteiger partial charge on any atom is -0.346 e. The van der Waals surface area contributed by atoms with Gasteiger partial charge in [0.1, 0.15) is 16.7 Å². The molecule has 10 heteroatoms. The molecule has 1 aromatic carbocycles. The van der Waals surface area contributed by atoms with E-state index in [0.29, 0.717) is 24.3 Å². The van der Waals surface area contributed by atoms with Crippen molar-refractivity contribution in [1.29, 1.82) is 0 Å². The molecule has 0 saturated carbocycles. The lowest BCUT2D eigenvalue weighted by Crippen LogP contribution is -2.61. The van der Waals surface area contributed by atoms with Crippen LogP contribution in [0.3, 0.4) is 0 Å². The Hall–Kier alpha value is -2.98. The monoisotopic (exact) mass is 471 g/mol. The molecule has 2 aromatic heterocycles. The normalized spacial score (nSPS) is 18.4. The summed E-state index contributed by atoms with van der Waals surface area (Å²) in [4.78, 5) is 21.5. The molecule has 3 aromatic rings. The largest absolute Gasteiger partial charge is 0.346 e. The quantitative estimate of drug-likeness (QED) is 0.609. The average Bonchev–Trinajstić information content (AvgIpc) is 3.19. The number of hydrogen-bond acceptors (Lipinski definition) is 4. The first-order valence-corrected chi connectivity index (χ1v) is 12.6. The average molecular weight is 472 g/mol. The molecule has 2 saturated heterocycles. The molecule has 2 fully saturated rings. The number of hydrogen-bond donors (Lipinski definition) is 2. The van der Waals surface area contributed by atoms with Gasteiger partial charge in [-0.05, 0) is 67.1 Å². The SMILES string of the molecule is Cc1cc(F)ccc1NC(=O)N1CC(S(=O)(=O)N2CCC(c3c[nH]c4ncccc34)CC2)C1. The zero-order valence-electron chi connectivity index (χ0n) is 18.3.